The van der Waals surface area contributed by atoms with Crippen LogP contribution in [-0.4, -0.2) is 55.2 Å². The van der Waals surface area contributed by atoms with Gasteiger partial charge in [0.2, 0.25) is 5.91 Å². The van der Waals surface area contributed by atoms with Crippen LogP contribution in [0.15, 0.2) is 15.9 Å². The van der Waals surface area contributed by atoms with Crippen molar-refractivity contribution < 1.29 is 9.59 Å². The van der Waals surface area contributed by atoms with Gasteiger partial charge in [0.05, 0.1) is 21.8 Å². The number of hydrogen-bond donors (Lipinski definition) is 0. The van der Waals surface area contributed by atoms with Gasteiger partial charge in [-0.25, -0.2) is 0 Å². The maximum atomic E-state index is 12.1. The minimum absolute atomic E-state index is 0.0219. The molecule has 0 aliphatic rings. The van der Waals surface area contributed by atoms with Crippen molar-refractivity contribution in [2.45, 2.75) is 13.3 Å². The van der Waals surface area contributed by atoms with Gasteiger partial charge in [0.15, 0.2) is 5.78 Å². The second kappa shape index (κ2) is 7.77. The number of rotatable bonds is 7. The zero-order valence-electron chi connectivity index (χ0n) is 11.5. The SMILES string of the molecule is CCCN(CC(=O)c1ccc(Br)s1)CC(=O)N(C)C. The number of ketones is 1. The molecule has 0 radical (unpaired) electrons. The Morgan fingerprint density at radius 1 is 1.26 bits per heavy atom. The molecule has 106 valence electrons. The molecule has 0 spiro atoms. The Kier molecular flexibility index (Phi) is 6.68. The number of likely N-dealkylation sites (N-methyl/N-ethyl adjacent to an activating group) is 1. The summed E-state index contributed by atoms with van der Waals surface area (Å²) in [4.78, 5) is 28.0. The van der Waals surface area contributed by atoms with Gasteiger partial charge in [0.1, 0.15) is 0 Å². The maximum Gasteiger partial charge on any atom is 0.236 e. The van der Waals surface area contributed by atoms with Gasteiger partial charge in [0, 0.05) is 14.1 Å². The molecule has 0 saturated carbocycles. The molecule has 1 aromatic heterocycles. The summed E-state index contributed by atoms with van der Waals surface area (Å²) in [5, 5.41) is 0. The maximum absolute atomic E-state index is 12.1. The molecule has 0 aliphatic carbocycles. The lowest BCUT2D eigenvalue weighted by atomic mass is 10.2. The van der Waals surface area contributed by atoms with Crippen molar-refractivity contribution in [3.05, 3.63) is 20.8 Å². The average molecular weight is 347 g/mol. The predicted octanol–water partition coefficient (Wildman–Crippen LogP) is 2.49. The molecule has 0 aromatic carbocycles. The standard InChI is InChI=1S/C13H19BrN2O2S/c1-4-7-16(9-13(18)15(2)3)8-10(17)11-5-6-12(14)19-11/h5-6H,4,7-9H2,1-3H3. The van der Waals surface area contributed by atoms with Crippen molar-refractivity contribution in [3.8, 4) is 0 Å². The minimum Gasteiger partial charge on any atom is -0.348 e. The first-order chi connectivity index (χ1) is 8.93. The molecule has 0 atom stereocenters. The van der Waals surface area contributed by atoms with Gasteiger partial charge >= 0.3 is 0 Å². The van der Waals surface area contributed by atoms with Gasteiger partial charge in [-0.3, -0.25) is 14.5 Å². The van der Waals surface area contributed by atoms with E-state index in [0.717, 1.165) is 21.6 Å². The topological polar surface area (TPSA) is 40.6 Å². The van der Waals surface area contributed by atoms with Crippen LogP contribution in [0.1, 0.15) is 23.0 Å². The quantitative estimate of drug-likeness (QED) is 0.712. The Labute approximate surface area is 126 Å². The molecule has 1 heterocycles. The van der Waals surface area contributed by atoms with Crippen LogP contribution in [-0.2, 0) is 4.79 Å². The summed E-state index contributed by atoms with van der Waals surface area (Å²) in [7, 11) is 3.45. The number of halogens is 1. The number of amides is 1. The summed E-state index contributed by atoms with van der Waals surface area (Å²) in [6, 6.07) is 3.68. The lowest BCUT2D eigenvalue weighted by Gasteiger charge is -2.21. The molecule has 0 fully saturated rings. The summed E-state index contributed by atoms with van der Waals surface area (Å²) in [6.45, 7) is 3.37. The van der Waals surface area contributed by atoms with Crippen LogP contribution in [0.5, 0.6) is 0 Å². The van der Waals surface area contributed by atoms with Gasteiger partial charge < -0.3 is 4.90 Å². The third-order valence-corrected chi connectivity index (χ3v) is 4.28. The summed E-state index contributed by atoms with van der Waals surface area (Å²) in [5.41, 5.74) is 0. The molecule has 1 aromatic rings. The van der Waals surface area contributed by atoms with Gasteiger partial charge in [-0.05, 0) is 41.0 Å². The highest BCUT2D eigenvalue weighted by molar-refractivity contribution is 9.11. The molecular formula is C13H19BrN2O2S. The van der Waals surface area contributed by atoms with Crippen molar-refractivity contribution in [2.75, 3.05) is 33.7 Å². The lowest BCUT2D eigenvalue weighted by Crippen LogP contribution is -2.39. The van der Waals surface area contributed by atoms with Gasteiger partial charge in [-0.2, -0.15) is 0 Å². The van der Waals surface area contributed by atoms with Crippen LogP contribution in [0.4, 0.5) is 0 Å². The van der Waals surface area contributed by atoms with Crippen LogP contribution < -0.4 is 0 Å². The van der Waals surface area contributed by atoms with E-state index in [1.165, 1.54) is 11.3 Å². The van der Waals surface area contributed by atoms with Crippen molar-refractivity contribution in [2.24, 2.45) is 0 Å². The number of nitrogens with zero attached hydrogens (tertiary/aromatic N) is 2. The van der Waals surface area contributed by atoms with Crippen LogP contribution in [0, 0.1) is 0 Å². The van der Waals surface area contributed by atoms with E-state index in [9.17, 15) is 9.59 Å². The Morgan fingerprint density at radius 3 is 2.42 bits per heavy atom. The van der Waals surface area contributed by atoms with Crippen molar-refractivity contribution >= 4 is 39.0 Å². The summed E-state index contributed by atoms with van der Waals surface area (Å²) in [6.07, 6.45) is 0.919. The zero-order chi connectivity index (χ0) is 14.4. The molecule has 4 nitrogen and oxygen atoms in total. The number of carbonyl (C=O) groups excluding carboxylic acids is 2. The van der Waals surface area contributed by atoms with E-state index < -0.39 is 0 Å². The smallest absolute Gasteiger partial charge is 0.236 e. The third-order valence-electron chi connectivity index (χ3n) is 2.61. The second-order valence-corrected chi connectivity index (χ2v) is 6.99. The van der Waals surface area contributed by atoms with Gasteiger partial charge in [-0.15, -0.1) is 11.3 Å². The molecule has 6 heteroatoms. The first-order valence-electron chi connectivity index (χ1n) is 6.15. The fourth-order valence-corrected chi connectivity index (χ4v) is 2.92. The molecule has 19 heavy (non-hydrogen) atoms. The Morgan fingerprint density at radius 2 is 1.95 bits per heavy atom. The molecule has 0 N–H and O–H groups in total. The highest BCUT2D eigenvalue weighted by atomic mass is 79.9. The second-order valence-electron chi connectivity index (χ2n) is 4.53. The number of carbonyl (C=O) groups is 2. The van der Waals surface area contributed by atoms with Crippen molar-refractivity contribution in [3.63, 3.8) is 0 Å². The molecule has 1 rings (SSSR count). The van der Waals surface area contributed by atoms with Crippen molar-refractivity contribution in [1.82, 2.24) is 9.80 Å². The highest BCUT2D eigenvalue weighted by Crippen LogP contribution is 2.22. The van der Waals surface area contributed by atoms with Gasteiger partial charge in [-0.1, -0.05) is 6.92 Å². The highest BCUT2D eigenvalue weighted by Gasteiger charge is 2.17. The fourth-order valence-electron chi connectivity index (χ4n) is 1.61. The molecule has 0 saturated heterocycles. The Hall–Kier alpha value is -0.720. The number of Topliss-reactive ketones (excluding diaryl/α,β-unsaturated/α-hetero) is 1. The summed E-state index contributed by atoms with van der Waals surface area (Å²) < 4.78 is 0.947. The first-order valence-corrected chi connectivity index (χ1v) is 7.76. The van der Waals surface area contributed by atoms with Gasteiger partial charge in [0.25, 0.3) is 0 Å². The normalized spacial score (nSPS) is 10.8. The van der Waals surface area contributed by atoms with E-state index >= 15 is 0 Å². The van der Waals surface area contributed by atoms with E-state index in [0.29, 0.717) is 13.1 Å². The Bertz CT molecular complexity index is 446. The number of thiophene rings is 1. The minimum atomic E-state index is 0.0219. The third kappa shape index (κ3) is 5.42. The van der Waals surface area contributed by atoms with E-state index in [-0.39, 0.29) is 11.7 Å². The monoisotopic (exact) mass is 346 g/mol. The van der Waals surface area contributed by atoms with Crippen LogP contribution in [0.3, 0.4) is 0 Å². The summed E-state index contributed by atoms with van der Waals surface area (Å²) in [5.74, 6) is 0.0873. The molecule has 0 unspecified atom stereocenters. The first kappa shape index (κ1) is 16.3. The molecular weight excluding hydrogens is 328 g/mol. The van der Waals surface area contributed by atoms with E-state index in [4.69, 9.17) is 0 Å². The van der Waals surface area contributed by atoms with Crippen LogP contribution in [0.2, 0.25) is 0 Å². The van der Waals surface area contributed by atoms with E-state index in [1.54, 1.807) is 19.0 Å². The lowest BCUT2D eigenvalue weighted by molar-refractivity contribution is -0.129. The predicted molar refractivity (Wildman–Crippen MR) is 81.8 cm³/mol. The van der Waals surface area contributed by atoms with E-state index in [1.807, 2.05) is 24.0 Å². The zero-order valence-corrected chi connectivity index (χ0v) is 13.9. The fraction of sp³-hybridized carbons (Fsp3) is 0.538. The van der Waals surface area contributed by atoms with Crippen molar-refractivity contribution in [1.29, 1.82) is 0 Å². The molecule has 1 amide bonds. The Balaban J connectivity index is 2.62. The largest absolute Gasteiger partial charge is 0.348 e. The average Bonchev–Trinajstić information content (AvgIpc) is 2.76. The van der Waals surface area contributed by atoms with E-state index in [2.05, 4.69) is 15.9 Å². The number of hydrogen-bond acceptors (Lipinski definition) is 4. The van der Waals surface area contributed by atoms with Crippen LogP contribution in [0.25, 0.3) is 0 Å². The molecule has 0 bridgehead atoms. The van der Waals surface area contributed by atoms with Crippen LogP contribution >= 0.6 is 27.3 Å². The summed E-state index contributed by atoms with van der Waals surface area (Å²) >= 11 is 4.77. The molecule has 0 aliphatic heterocycles.